The number of hydrogen-bond acceptors (Lipinski definition) is 5. The molecule has 0 radical (unpaired) electrons. The van der Waals surface area contributed by atoms with Gasteiger partial charge in [-0.25, -0.2) is 4.39 Å². The van der Waals surface area contributed by atoms with E-state index in [1.807, 2.05) is 0 Å². The summed E-state index contributed by atoms with van der Waals surface area (Å²) in [4.78, 5) is 23.8. The van der Waals surface area contributed by atoms with Crippen molar-refractivity contribution in [2.45, 2.75) is 11.8 Å². The topological polar surface area (TPSA) is 64.6 Å². The smallest absolute Gasteiger partial charge is 0.234 e. The van der Waals surface area contributed by atoms with Gasteiger partial charge in [0.1, 0.15) is 19.0 Å². The Bertz CT molecular complexity index is 875. The van der Waals surface area contributed by atoms with Gasteiger partial charge in [0, 0.05) is 27.1 Å². The third kappa shape index (κ3) is 4.37. The van der Waals surface area contributed by atoms with E-state index in [2.05, 4.69) is 21.2 Å². The van der Waals surface area contributed by atoms with Crippen molar-refractivity contribution in [3.8, 4) is 11.5 Å². The van der Waals surface area contributed by atoms with Gasteiger partial charge in [-0.15, -0.1) is 11.8 Å². The normalized spacial score (nSPS) is 12.6. The first-order valence-corrected chi connectivity index (χ1v) is 9.54. The molecule has 1 N–H and O–H groups in total. The van der Waals surface area contributed by atoms with Crippen LogP contribution in [0.2, 0.25) is 0 Å². The molecule has 0 spiro atoms. The maximum absolute atomic E-state index is 14.0. The van der Waals surface area contributed by atoms with E-state index in [-0.39, 0.29) is 17.4 Å². The highest BCUT2D eigenvalue weighted by molar-refractivity contribution is 9.10. The van der Waals surface area contributed by atoms with E-state index < -0.39 is 5.82 Å². The Morgan fingerprint density at radius 1 is 1.19 bits per heavy atom. The average Bonchev–Trinajstić information content (AvgIpc) is 2.61. The lowest BCUT2D eigenvalue weighted by molar-refractivity contribution is -0.113. The molecule has 0 saturated carbocycles. The van der Waals surface area contributed by atoms with E-state index >= 15 is 0 Å². The highest BCUT2D eigenvalue weighted by Gasteiger charge is 2.16. The van der Waals surface area contributed by atoms with Gasteiger partial charge in [-0.3, -0.25) is 9.59 Å². The van der Waals surface area contributed by atoms with E-state index in [1.165, 1.54) is 19.1 Å². The fourth-order valence-electron chi connectivity index (χ4n) is 2.33. The fraction of sp³-hybridized carbons (Fsp3) is 0.222. The minimum absolute atomic E-state index is 0.0250. The summed E-state index contributed by atoms with van der Waals surface area (Å²) in [6, 6.07) is 7.65. The number of ether oxygens (including phenoxy) is 2. The lowest BCUT2D eigenvalue weighted by atomic mass is 10.1. The third-order valence-electron chi connectivity index (χ3n) is 3.60. The second-order valence-electron chi connectivity index (χ2n) is 5.51. The predicted molar refractivity (Wildman–Crippen MR) is 101 cm³/mol. The Labute approximate surface area is 162 Å². The van der Waals surface area contributed by atoms with Crippen LogP contribution >= 0.6 is 27.7 Å². The summed E-state index contributed by atoms with van der Waals surface area (Å²) < 4.78 is 25.6. The molecular formula is C18H15BrFNO4S. The number of carbonyl (C=O) groups is 2. The van der Waals surface area contributed by atoms with E-state index in [0.717, 1.165) is 11.8 Å². The lowest BCUT2D eigenvalue weighted by Crippen LogP contribution is -2.17. The molecule has 1 aliphatic heterocycles. The van der Waals surface area contributed by atoms with E-state index in [1.54, 1.807) is 18.2 Å². The number of anilines is 1. The summed E-state index contributed by atoms with van der Waals surface area (Å²) >= 11 is 4.44. The molecule has 5 nitrogen and oxygen atoms in total. The molecule has 0 unspecified atom stereocenters. The highest BCUT2D eigenvalue weighted by Crippen LogP contribution is 2.38. The first-order chi connectivity index (χ1) is 12.4. The van der Waals surface area contributed by atoms with Crippen LogP contribution in [-0.4, -0.2) is 30.7 Å². The maximum atomic E-state index is 14.0. The Kier molecular flexibility index (Phi) is 5.83. The number of carbonyl (C=O) groups excluding carboxylic acids is 2. The number of rotatable bonds is 5. The first-order valence-electron chi connectivity index (χ1n) is 7.76. The summed E-state index contributed by atoms with van der Waals surface area (Å²) in [5.41, 5.74) is 0.851. The Morgan fingerprint density at radius 2 is 1.88 bits per heavy atom. The zero-order chi connectivity index (χ0) is 18.7. The van der Waals surface area contributed by atoms with Gasteiger partial charge < -0.3 is 14.8 Å². The Hall–Kier alpha value is -2.06. The molecule has 1 heterocycles. The molecule has 3 rings (SSSR count). The second-order valence-corrected chi connectivity index (χ2v) is 7.39. The van der Waals surface area contributed by atoms with Gasteiger partial charge in [0.25, 0.3) is 0 Å². The zero-order valence-electron chi connectivity index (χ0n) is 13.8. The maximum Gasteiger partial charge on any atom is 0.234 e. The van der Waals surface area contributed by atoms with Gasteiger partial charge in [0.2, 0.25) is 5.91 Å². The molecule has 1 amide bonds. The molecule has 26 heavy (non-hydrogen) atoms. The molecule has 1 aliphatic rings. The van der Waals surface area contributed by atoms with Crippen molar-refractivity contribution < 1.29 is 23.5 Å². The number of hydrogen-bond donors (Lipinski definition) is 1. The molecule has 8 heteroatoms. The van der Waals surface area contributed by atoms with Crippen molar-refractivity contribution in [2.75, 3.05) is 24.3 Å². The van der Waals surface area contributed by atoms with Crippen LogP contribution in [0.1, 0.15) is 17.3 Å². The number of halogens is 2. The van der Waals surface area contributed by atoms with Gasteiger partial charge in [-0.1, -0.05) is 6.07 Å². The van der Waals surface area contributed by atoms with Crippen molar-refractivity contribution in [3.63, 3.8) is 0 Å². The first kappa shape index (κ1) is 18.7. The monoisotopic (exact) mass is 439 g/mol. The summed E-state index contributed by atoms with van der Waals surface area (Å²) in [5, 5.41) is 2.76. The standard InChI is InChI=1S/C18H15BrFNO4S/c1-10(22)11-2-3-17(13(20)6-11)26-9-18(23)21-14-8-16-15(7-12(14)19)24-4-5-25-16/h2-3,6-8H,4-5,9H2,1H3,(H,21,23). The average molecular weight is 440 g/mol. The molecule has 0 aromatic heterocycles. The minimum Gasteiger partial charge on any atom is -0.486 e. The summed E-state index contributed by atoms with van der Waals surface area (Å²) in [6.07, 6.45) is 0. The van der Waals surface area contributed by atoms with Crippen molar-refractivity contribution in [1.29, 1.82) is 0 Å². The number of amides is 1. The van der Waals surface area contributed by atoms with E-state index in [9.17, 15) is 14.0 Å². The number of thioether (sulfide) groups is 1. The van der Waals surface area contributed by atoms with Crippen molar-refractivity contribution in [1.82, 2.24) is 0 Å². The molecule has 136 valence electrons. The quantitative estimate of drug-likeness (QED) is 0.555. The molecular weight excluding hydrogens is 425 g/mol. The van der Waals surface area contributed by atoms with Gasteiger partial charge in [-0.05, 0) is 35.0 Å². The van der Waals surface area contributed by atoms with Crippen LogP contribution in [-0.2, 0) is 4.79 Å². The van der Waals surface area contributed by atoms with Crippen LogP contribution in [0.25, 0.3) is 0 Å². The predicted octanol–water partition coefficient (Wildman–Crippen LogP) is 4.29. The lowest BCUT2D eigenvalue weighted by Gasteiger charge is -2.20. The van der Waals surface area contributed by atoms with Crippen molar-refractivity contribution in [2.24, 2.45) is 0 Å². The molecule has 0 aliphatic carbocycles. The largest absolute Gasteiger partial charge is 0.486 e. The van der Waals surface area contributed by atoms with Crippen LogP contribution in [0, 0.1) is 5.82 Å². The Balaban J connectivity index is 1.64. The van der Waals surface area contributed by atoms with Gasteiger partial charge in [0.05, 0.1) is 11.4 Å². The van der Waals surface area contributed by atoms with E-state index in [0.29, 0.717) is 45.3 Å². The van der Waals surface area contributed by atoms with Gasteiger partial charge in [-0.2, -0.15) is 0 Å². The minimum atomic E-state index is -0.518. The SMILES string of the molecule is CC(=O)c1ccc(SCC(=O)Nc2cc3c(cc2Br)OCCO3)c(F)c1. The van der Waals surface area contributed by atoms with Crippen molar-refractivity contribution >= 4 is 45.1 Å². The van der Waals surface area contributed by atoms with Crippen LogP contribution in [0.5, 0.6) is 11.5 Å². The van der Waals surface area contributed by atoms with Crippen LogP contribution in [0.15, 0.2) is 39.7 Å². The van der Waals surface area contributed by atoms with Gasteiger partial charge >= 0.3 is 0 Å². The number of nitrogens with one attached hydrogen (secondary N) is 1. The summed E-state index contributed by atoms with van der Waals surface area (Å²) in [7, 11) is 0. The molecule has 0 saturated heterocycles. The summed E-state index contributed by atoms with van der Waals surface area (Å²) in [5.74, 6) is 0.188. The number of fused-ring (bicyclic) bond motifs is 1. The highest BCUT2D eigenvalue weighted by atomic mass is 79.9. The fourth-order valence-corrected chi connectivity index (χ4v) is 3.47. The van der Waals surface area contributed by atoms with Crippen LogP contribution < -0.4 is 14.8 Å². The van der Waals surface area contributed by atoms with Crippen molar-refractivity contribution in [3.05, 3.63) is 46.2 Å². The number of ketones is 1. The van der Waals surface area contributed by atoms with Crippen LogP contribution in [0.3, 0.4) is 0 Å². The molecule has 0 fully saturated rings. The third-order valence-corrected chi connectivity index (χ3v) is 5.31. The van der Waals surface area contributed by atoms with Crippen LogP contribution in [0.4, 0.5) is 10.1 Å². The molecule has 2 aromatic rings. The van der Waals surface area contributed by atoms with E-state index in [4.69, 9.17) is 9.47 Å². The van der Waals surface area contributed by atoms with Gasteiger partial charge in [0.15, 0.2) is 17.3 Å². The molecule has 0 atom stereocenters. The molecule has 2 aromatic carbocycles. The zero-order valence-corrected chi connectivity index (χ0v) is 16.2. The number of Topliss-reactive ketones (excluding diaryl/α,β-unsaturated/α-hetero) is 1. The second kappa shape index (κ2) is 8.09. The number of benzene rings is 2. The Morgan fingerprint density at radius 3 is 2.54 bits per heavy atom. The molecule has 0 bridgehead atoms. The summed E-state index contributed by atoms with van der Waals surface area (Å²) in [6.45, 7) is 2.31.